The molecule has 0 fully saturated rings. The Labute approximate surface area is 99.7 Å². The second kappa shape index (κ2) is 5.92. The normalized spacial score (nSPS) is 10.8. The van der Waals surface area contributed by atoms with Crippen molar-refractivity contribution in [3.05, 3.63) is 11.9 Å². The molecule has 1 aromatic rings. The van der Waals surface area contributed by atoms with Crippen LogP contribution in [-0.2, 0) is 19.5 Å². The molecule has 0 spiro atoms. The Hall–Kier alpha value is -0.990. The van der Waals surface area contributed by atoms with Gasteiger partial charge in [-0.05, 0) is 27.7 Å². The van der Waals surface area contributed by atoms with Gasteiger partial charge in [-0.3, -0.25) is 4.90 Å². The number of anilines is 1. The van der Waals surface area contributed by atoms with Gasteiger partial charge in [-0.15, -0.1) is 0 Å². The van der Waals surface area contributed by atoms with Crippen LogP contribution in [0.4, 0.5) is 5.95 Å². The molecule has 1 rings (SSSR count). The van der Waals surface area contributed by atoms with E-state index >= 15 is 0 Å². The average Bonchev–Trinajstić information content (AvgIpc) is 2.68. The van der Waals surface area contributed by atoms with Crippen LogP contribution in [0, 0.1) is 0 Å². The zero-order valence-corrected chi connectivity index (χ0v) is 11.5. The molecule has 3 nitrogen and oxygen atoms in total. The first kappa shape index (κ1) is 13.1. The van der Waals surface area contributed by atoms with Crippen LogP contribution in [0.3, 0.4) is 0 Å². The maximum absolute atomic E-state index is 2.44. The summed E-state index contributed by atoms with van der Waals surface area (Å²) in [5.74, 6) is 1.37. The summed E-state index contributed by atoms with van der Waals surface area (Å²) in [6.45, 7) is 15.4. The smallest absolute Gasteiger partial charge is 0.265 e. The highest BCUT2D eigenvalue weighted by molar-refractivity contribution is 5.27. The van der Waals surface area contributed by atoms with E-state index in [9.17, 15) is 0 Å². The summed E-state index contributed by atoms with van der Waals surface area (Å²) in [4.78, 5) is 2.44. The van der Waals surface area contributed by atoms with Crippen LogP contribution in [0.2, 0.25) is 0 Å². The first-order valence-corrected chi connectivity index (χ1v) is 6.60. The summed E-state index contributed by atoms with van der Waals surface area (Å²) in [6, 6.07) is 0. The topological polar surface area (TPSA) is 12.1 Å². The van der Waals surface area contributed by atoms with Gasteiger partial charge in [0.15, 0.2) is 0 Å². The number of imidazole rings is 1. The zero-order chi connectivity index (χ0) is 12.1. The Balaban J connectivity index is 3.25. The van der Waals surface area contributed by atoms with Crippen molar-refractivity contribution in [2.75, 3.05) is 18.0 Å². The van der Waals surface area contributed by atoms with Gasteiger partial charge in [-0.1, -0.05) is 6.92 Å². The van der Waals surface area contributed by atoms with Crippen LogP contribution < -0.4 is 9.47 Å². The van der Waals surface area contributed by atoms with Crippen molar-refractivity contribution in [1.29, 1.82) is 0 Å². The molecule has 0 radical (unpaired) electrons. The summed E-state index contributed by atoms with van der Waals surface area (Å²) in [6.07, 6.45) is 3.41. The third-order valence-electron chi connectivity index (χ3n) is 3.22. The van der Waals surface area contributed by atoms with Gasteiger partial charge < -0.3 is 0 Å². The molecule has 1 aromatic heterocycles. The summed E-state index contributed by atoms with van der Waals surface area (Å²) < 4.78 is 4.81. The molecule has 0 aliphatic heterocycles. The number of aryl methyl sites for hydroxylation is 2. The Kier molecular flexibility index (Phi) is 4.84. The summed E-state index contributed by atoms with van der Waals surface area (Å²) >= 11 is 0. The van der Waals surface area contributed by atoms with Gasteiger partial charge in [-0.25, -0.2) is 9.13 Å². The number of rotatable bonds is 6. The highest BCUT2D eigenvalue weighted by atomic mass is 15.3. The van der Waals surface area contributed by atoms with E-state index in [1.54, 1.807) is 0 Å². The van der Waals surface area contributed by atoms with Crippen molar-refractivity contribution < 1.29 is 4.57 Å². The van der Waals surface area contributed by atoms with Gasteiger partial charge in [0.2, 0.25) is 0 Å². The molecular weight excluding hydrogens is 198 g/mol. The molecule has 0 atom stereocenters. The highest BCUT2D eigenvalue weighted by Gasteiger charge is 2.23. The van der Waals surface area contributed by atoms with Crippen LogP contribution in [0.25, 0.3) is 0 Å². The predicted octanol–water partition coefficient (Wildman–Crippen LogP) is 2.22. The standard InChI is InChI=1S/C13H26N3/c1-6-12-11-15(9-4)13(16(12)10-5)14(7-2)8-3/h11H,6-10H2,1-5H3/q+1. The second-order valence-electron chi connectivity index (χ2n) is 3.98. The van der Waals surface area contributed by atoms with Gasteiger partial charge in [0.05, 0.1) is 32.4 Å². The summed E-state index contributed by atoms with van der Waals surface area (Å²) in [5, 5.41) is 0. The lowest BCUT2D eigenvalue weighted by molar-refractivity contribution is -0.680. The third-order valence-corrected chi connectivity index (χ3v) is 3.22. The maximum atomic E-state index is 2.44. The van der Waals surface area contributed by atoms with E-state index in [1.807, 2.05) is 0 Å². The lowest BCUT2D eigenvalue weighted by atomic mass is 10.3. The molecule has 0 bridgehead atoms. The Bertz CT molecular complexity index is 324. The van der Waals surface area contributed by atoms with Crippen LogP contribution in [0.5, 0.6) is 0 Å². The predicted molar refractivity (Wildman–Crippen MR) is 68.9 cm³/mol. The van der Waals surface area contributed by atoms with Gasteiger partial charge in [0.1, 0.15) is 5.69 Å². The molecule has 0 aliphatic carbocycles. The first-order valence-electron chi connectivity index (χ1n) is 6.60. The minimum absolute atomic E-state index is 1.05. The van der Waals surface area contributed by atoms with E-state index in [4.69, 9.17) is 0 Å². The zero-order valence-electron chi connectivity index (χ0n) is 11.5. The largest absolute Gasteiger partial charge is 0.359 e. The van der Waals surface area contributed by atoms with Crippen molar-refractivity contribution in [2.24, 2.45) is 0 Å². The summed E-state index contributed by atoms with van der Waals surface area (Å²) in [5.41, 5.74) is 1.44. The number of nitrogens with zero attached hydrogens (tertiary/aromatic N) is 3. The van der Waals surface area contributed by atoms with Gasteiger partial charge in [-0.2, -0.15) is 0 Å². The van der Waals surface area contributed by atoms with E-state index in [0.717, 1.165) is 32.6 Å². The molecule has 3 heteroatoms. The van der Waals surface area contributed by atoms with E-state index in [1.165, 1.54) is 11.6 Å². The van der Waals surface area contributed by atoms with E-state index < -0.39 is 0 Å². The van der Waals surface area contributed by atoms with Crippen LogP contribution in [-0.4, -0.2) is 17.7 Å². The maximum Gasteiger partial charge on any atom is 0.359 e. The molecule has 16 heavy (non-hydrogen) atoms. The lowest BCUT2D eigenvalue weighted by Crippen LogP contribution is -2.41. The highest BCUT2D eigenvalue weighted by Crippen LogP contribution is 2.14. The Morgan fingerprint density at radius 1 is 1.12 bits per heavy atom. The number of aromatic nitrogens is 2. The van der Waals surface area contributed by atoms with Crippen LogP contribution in [0.1, 0.15) is 40.3 Å². The Morgan fingerprint density at radius 2 is 1.75 bits per heavy atom. The number of hydrogen-bond acceptors (Lipinski definition) is 1. The molecular formula is C13H26N3+. The molecule has 1 heterocycles. The molecule has 0 saturated carbocycles. The first-order chi connectivity index (χ1) is 7.73. The third kappa shape index (κ3) is 2.23. The molecule has 0 aliphatic rings. The molecule has 0 amide bonds. The van der Waals surface area contributed by atoms with Crippen molar-refractivity contribution in [3.8, 4) is 0 Å². The second-order valence-corrected chi connectivity index (χ2v) is 3.98. The molecule has 0 N–H and O–H groups in total. The minimum Gasteiger partial charge on any atom is -0.265 e. The Morgan fingerprint density at radius 3 is 2.12 bits per heavy atom. The molecule has 0 saturated heterocycles. The van der Waals surface area contributed by atoms with E-state index in [2.05, 4.69) is 54.8 Å². The number of hydrogen-bond donors (Lipinski definition) is 0. The van der Waals surface area contributed by atoms with E-state index in [0.29, 0.717) is 0 Å². The molecule has 92 valence electrons. The fourth-order valence-corrected chi connectivity index (χ4v) is 2.31. The fraction of sp³-hybridized carbons (Fsp3) is 0.769. The monoisotopic (exact) mass is 224 g/mol. The van der Waals surface area contributed by atoms with Gasteiger partial charge in [0.25, 0.3) is 0 Å². The fourth-order valence-electron chi connectivity index (χ4n) is 2.31. The summed E-state index contributed by atoms with van der Waals surface area (Å²) in [7, 11) is 0. The SMILES string of the molecule is CCc1c[n+](CC)c(N(CC)CC)n1CC. The van der Waals surface area contributed by atoms with Gasteiger partial charge >= 0.3 is 5.95 Å². The van der Waals surface area contributed by atoms with Crippen LogP contribution >= 0.6 is 0 Å². The van der Waals surface area contributed by atoms with E-state index in [-0.39, 0.29) is 0 Å². The van der Waals surface area contributed by atoms with Crippen molar-refractivity contribution >= 4 is 5.95 Å². The van der Waals surface area contributed by atoms with Crippen molar-refractivity contribution in [1.82, 2.24) is 4.57 Å². The van der Waals surface area contributed by atoms with Crippen molar-refractivity contribution in [3.63, 3.8) is 0 Å². The van der Waals surface area contributed by atoms with Crippen LogP contribution in [0.15, 0.2) is 6.20 Å². The van der Waals surface area contributed by atoms with Gasteiger partial charge in [0, 0.05) is 6.42 Å². The quantitative estimate of drug-likeness (QED) is 0.675. The average molecular weight is 224 g/mol. The minimum atomic E-state index is 1.05. The van der Waals surface area contributed by atoms with Crippen molar-refractivity contribution in [2.45, 2.75) is 54.1 Å². The molecule has 0 aromatic carbocycles. The molecule has 0 unspecified atom stereocenters. The lowest BCUT2D eigenvalue weighted by Gasteiger charge is -2.16.